The van der Waals surface area contributed by atoms with Crippen LogP contribution < -0.4 is 5.23 Å². The van der Waals surface area contributed by atoms with Crippen LogP contribution in [0.15, 0.2) is 0 Å². The van der Waals surface area contributed by atoms with Crippen molar-refractivity contribution in [3.63, 3.8) is 0 Å². The average Bonchev–Trinajstić information content (AvgIpc) is 1.81. The smallest absolute Gasteiger partial charge is 0.181 e. The van der Waals surface area contributed by atoms with Gasteiger partial charge in [0.15, 0.2) is 7.98 Å². The normalized spacial score (nSPS) is 9.50. The van der Waals surface area contributed by atoms with E-state index in [1.54, 1.807) is 0 Å². The van der Waals surface area contributed by atoms with E-state index < -0.39 is 0 Å². The topological polar surface area (TPSA) is 12.0 Å². The van der Waals surface area contributed by atoms with E-state index in [-0.39, 0.29) is 0 Å². The molecule has 0 saturated carbocycles. The molecule has 0 aliphatic heterocycles. The Hall–Kier alpha value is 0.0899. The van der Waals surface area contributed by atoms with Crippen LogP contribution in [0.5, 0.6) is 0 Å². The highest BCUT2D eigenvalue weighted by Crippen LogP contribution is 1.95. The fourth-order valence-corrected chi connectivity index (χ4v) is 0.729. The summed E-state index contributed by atoms with van der Waals surface area (Å²) in [6.45, 7) is 1.18. The molecule has 0 atom stereocenters. The van der Waals surface area contributed by atoms with Crippen molar-refractivity contribution in [2.24, 2.45) is 0 Å². The van der Waals surface area contributed by atoms with E-state index in [9.17, 15) is 0 Å². The molecule has 0 bridgehead atoms. The Labute approximate surface area is 54.1 Å². The minimum absolute atomic E-state index is 1.18. The summed E-state index contributed by atoms with van der Waals surface area (Å²) in [7, 11) is 4.24. The van der Waals surface area contributed by atoms with Crippen molar-refractivity contribution in [2.45, 2.75) is 25.6 Å². The highest BCUT2D eigenvalue weighted by atomic mass is 14.7. The highest BCUT2D eigenvalue weighted by Gasteiger charge is 1.82. The average molecular weight is 111 g/mol. The van der Waals surface area contributed by atoms with Crippen molar-refractivity contribution in [1.29, 1.82) is 0 Å². The molecule has 0 aliphatic rings. The van der Waals surface area contributed by atoms with E-state index in [1.807, 2.05) is 7.98 Å². The molecule has 1 N–H and O–H groups in total. The lowest BCUT2D eigenvalue weighted by atomic mass is 9.99. The summed E-state index contributed by atoms with van der Waals surface area (Å²) in [5.41, 5.74) is 0. The Morgan fingerprint density at radius 2 is 1.88 bits per heavy atom. The molecule has 8 heavy (non-hydrogen) atoms. The molecule has 0 radical (unpaired) electrons. The van der Waals surface area contributed by atoms with E-state index in [2.05, 4.69) is 13.1 Å². The Morgan fingerprint density at radius 1 is 1.12 bits per heavy atom. The van der Waals surface area contributed by atoms with Gasteiger partial charge in [-0.05, 0) is 13.0 Å². The zero-order valence-corrected chi connectivity index (χ0v) is 6.04. The summed E-state index contributed by atoms with van der Waals surface area (Å²) in [6, 6.07) is 0. The Kier molecular flexibility index (Phi) is 7.17. The molecule has 46 valence electrons. The van der Waals surface area contributed by atoms with Crippen LogP contribution in [0.2, 0.25) is 6.32 Å². The van der Waals surface area contributed by atoms with Gasteiger partial charge in [0.25, 0.3) is 0 Å². The quantitative estimate of drug-likeness (QED) is 0.367. The molecule has 3 heteroatoms. The molecule has 0 aromatic heterocycles. The summed E-state index contributed by atoms with van der Waals surface area (Å²) in [5, 5.41) is 3.13. The van der Waals surface area contributed by atoms with E-state index >= 15 is 0 Å². The van der Waals surface area contributed by atoms with Crippen LogP contribution in [0.1, 0.15) is 19.3 Å². The fourth-order valence-electron chi connectivity index (χ4n) is 0.729. The van der Waals surface area contributed by atoms with Gasteiger partial charge in [-0.25, -0.2) is 0 Å². The van der Waals surface area contributed by atoms with Crippen LogP contribution in [0.25, 0.3) is 0 Å². The number of hydrogen-bond acceptors (Lipinski definition) is 1. The van der Waals surface area contributed by atoms with Gasteiger partial charge < -0.3 is 5.23 Å². The van der Waals surface area contributed by atoms with Crippen LogP contribution in [-0.4, -0.2) is 22.4 Å². The lowest BCUT2D eigenvalue weighted by Crippen LogP contribution is -2.09. The number of nitrogens with one attached hydrogen (secondary N) is 1. The van der Waals surface area contributed by atoms with Crippen molar-refractivity contribution in [1.82, 2.24) is 5.23 Å². The zero-order chi connectivity index (χ0) is 6.24. The number of rotatable bonds is 5. The van der Waals surface area contributed by atoms with Crippen molar-refractivity contribution in [3.8, 4) is 0 Å². The Morgan fingerprint density at radius 3 is 2.38 bits per heavy atom. The van der Waals surface area contributed by atoms with Gasteiger partial charge in [-0.15, -0.1) is 0 Å². The number of unbranched alkanes of at least 4 members (excludes halogenated alkanes) is 2. The second-order valence-electron chi connectivity index (χ2n) is 2.16. The third-order valence-electron chi connectivity index (χ3n) is 1.28. The molecule has 0 aromatic rings. The first-order valence-electron chi connectivity index (χ1n) is 3.56. The molecule has 0 rings (SSSR count). The molecule has 0 aliphatic carbocycles. The van der Waals surface area contributed by atoms with Crippen LogP contribution in [0.4, 0.5) is 0 Å². The van der Waals surface area contributed by atoms with Crippen molar-refractivity contribution < 1.29 is 0 Å². The lowest BCUT2D eigenvalue weighted by Gasteiger charge is -1.95. The summed E-state index contributed by atoms with van der Waals surface area (Å²) >= 11 is 0. The lowest BCUT2D eigenvalue weighted by molar-refractivity contribution is 0.705. The van der Waals surface area contributed by atoms with Crippen LogP contribution in [0.3, 0.4) is 0 Å². The Bertz CT molecular complexity index is 35.4. The summed E-state index contributed by atoms with van der Waals surface area (Å²) in [4.78, 5) is 0. The zero-order valence-electron chi connectivity index (χ0n) is 6.04. The largest absolute Gasteiger partial charge is 0.362 e. The Balaban J connectivity index is 2.53. The molecule has 0 saturated heterocycles. The number of hydrogen-bond donors (Lipinski definition) is 1. The maximum atomic E-state index is 3.13. The van der Waals surface area contributed by atoms with E-state index in [1.165, 1.54) is 32.1 Å². The molecule has 0 spiro atoms. The third kappa shape index (κ3) is 6.09. The first-order chi connectivity index (χ1) is 3.91. The first kappa shape index (κ1) is 8.09. The van der Waals surface area contributed by atoms with Crippen molar-refractivity contribution >= 4 is 15.8 Å². The molecule has 0 aromatic carbocycles. The van der Waals surface area contributed by atoms with E-state index in [4.69, 9.17) is 0 Å². The minimum Gasteiger partial charge on any atom is -0.362 e. The van der Waals surface area contributed by atoms with Gasteiger partial charge in [-0.2, -0.15) is 0 Å². The van der Waals surface area contributed by atoms with E-state index in [0.717, 1.165) is 0 Å². The van der Waals surface area contributed by atoms with Crippen LogP contribution in [0, 0.1) is 0 Å². The second kappa shape index (κ2) is 7.09. The predicted molar refractivity (Wildman–Crippen MR) is 43.7 cm³/mol. The fraction of sp³-hybridized carbons (Fsp3) is 1.00. The van der Waals surface area contributed by atoms with Gasteiger partial charge in [-0.3, -0.25) is 0 Å². The molecule has 0 fully saturated rings. The van der Waals surface area contributed by atoms with Gasteiger partial charge >= 0.3 is 0 Å². The highest BCUT2D eigenvalue weighted by molar-refractivity contribution is 6.08. The van der Waals surface area contributed by atoms with Gasteiger partial charge in [-0.1, -0.05) is 19.2 Å². The molecular weight excluding hydrogens is 95.7 g/mol. The first-order valence-corrected chi connectivity index (χ1v) is 3.56. The molecule has 0 unspecified atom stereocenters. The predicted octanol–water partition coefficient (Wildman–Crippen LogP) is -0.654. The molecule has 0 heterocycles. The summed E-state index contributed by atoms with van der Waals surface area (Å²) < 4.78 is 0. The molecule has 0 amide bonds. The molecular formula is C5H15B2N. The molecule has 1 nitrogen and oxygen atoms in total. The second-order valence-corrected chi connectivity index (χ2v) is 2.16. The maximum Gasteiger partial charge on any atom is 0.181 e. The minimum atomic E-state index is 1.18. The standard InChI is InChI=1S/C5H15B2N/c6-4-2-1-3-5-8-7/h8H,1-7H2. The van der Waals surface area contributed by atoms with Crippen LogP contribution in [-0.2, 0) is 0 Å². The van der Waals surface area contributed by atoms with Crippen molar-refractivity contribution in [3.05, 3.63) is 0 Å². The van der Waals surface area contributed by atoms with Crippen molar-refractivity contribution in [2.75, 3.05) is 6.54 Å². The SMILES string of the molecule is BCCCCCNB. The third-order valence-corrected chi connectivity index (χ3v) is 1.28. The van der Waals surface area contributed by atoms with E-state index in [0.29, 0.717) is 0 Å². The maximum absolute atomic E-state index is 3.13. The monoisotopic (exact) mass is 111 g/mol. The van der Waals surface area contributed by atoms with Gasteiger partial charge in [0.05, 0.1) is 0 Å². The summed E-state index contributed by atoms with van der Waals surface area (Å²) in [6.07, 6.45) is 5.45. The van der Waals surface area contributed by atoms with Gasteiger partial charge in [0.1, 0.15) is 7.85 Å². The van der Waals surface area contributed by atoms with Crippen LogP contribution >= 0.6 is 0 Å². The van der Waals surface area contributed by atoms with Gasteiger partial charge in [0.2, 0.25) is 0 Å². The van der Waals surface area contributed by atoms with Gasteiger partial charge in [0, 0.05) is 0 Å². The summed E-state index contributed by atoms with van der Waals surface area (Å²) in [5.74, 6) is 0.